The molecule has 1 atom stereocenters. The van der Waals surface area contributed by atoms with Gasteiger partial charge in [-0.15, -0.1) is 0 Å². The van der Waals surface area contributed by atoms with Gasteiger partial charge in [-0.3, -0.25) is 0 Å². The van der Waals surface area contributed by atoms with Crippen molar-refractivity contribution in [3.8, 4) is 61.3 Å². The molecule has 1 aliphatic heterocycles. The molecule has 0 saturated heterocycles. The standard InChI is InChI=1S/C77H48N2O/c1-2-20-49(21-3-1)53-22-4-5-23-56(53)60-27-9-14-36-70(60)78(52-43-40-50(41-44-52)55-30-18-32-65-63-29-11-17-39-74(63)80-76(55)65)72-47-46-54(57-24-6-7-26-61(57)72)51-42-45-59-58-25-8-12-33-66(58)77(69(59)48-51)67-34-13-16-38-73(67)79-71-37-15-10-28-62(71)64-31-19-35-68(77)75(64)79/h1-48H. The fourth-order valence-corrected chi connectivity index (χ4v) is 14.1. The SMILES string of the molecule is c1ccc(-c2ccccc2-c2ccccc2N(c2ccc(-c3cccc4c3oc3ccccc34)cc2)c2ccc(-c3ccc4c(c3)C3(c5ccccc5-4)c4ccccc4-n4c5ccccc5c5cccc3c54)c3ccccc23)cc1. The third-order valence-corrected chi connectivity index (χ3v) is 17.4. The molecular weight excluding hydrogens is 969 g/mol. The van der Waals surface area contributed by atoms with Crippen LogP contribution in [0.25, 0.3) is 116 Å². The zero-order valence-electron chi connectivity index (χ0n) is 43.5. The Bertz CT molecular complexity index is 5020. The van der Waals surface area contributed by atoms with Gasteiger partial charge in [-0.1, -0.05) is 243 Å². The zero-order valence-corrected chi connectivity index (χ0v) is 43.5. The summed E-state index contributed by atoms with van der Waals surface area (Å²) in [6.45, 7) is 0. The van der Waals surface area contributed by atoms with Gasteiger partial charge in [-0.05, 0) is 121 Å². The summed E-state index contributed by atoms with van der Waals surface area (Å²) in [7, 11) is 0. The number of furan rings is 1. The maximum Gasteiger partial charge on any atom is 0.143 e. The first-order valence-electron chi connectivity index (χ1n) is 27.7. The number of aromatic nitrogens is 1. The summed E-state index contributed by atoms with van der Waals surface area (Å²) in [5.74, 6) is 0. The summed E-state index contributed by atoms with van der Waals surface area (Å²) >= 11 is 0. The summed E-state index contributed by atoms with van der Waals surface area (Å²) in [4.78, 5) is 2.47. The van der Waals surface area contributed by atoms with Crippen LogP contribution in [-0.4, -0.2) is 4.57 Å². The highest BCUT2D eigenvalue weighted by Crippen LogP contribution is 2.62. The molecular formula is C77H48N2O. The van der Waals surface area contributed by atoms with Crippen molar-refractivity contribution in [2.75, 3.05) is 4.90 Å². The quantitative estimate of drug-likeness (QED) is 0.159. The second kappa shape index (κ2) is 17.3. The van der Waals surface area contributed by atoms with E-state index in [9.17, 15) is 0 Å². The Balaban J connectivity index is 0.874. The van der Waals surface area contributed by atoms with E-state index in [1.165, 1.54) is 94.1 Å². The van der Waals surface area contributed by atoms with Gasteiger partial charge in [0.25, 0.3) is 0 Å². The third-order valence-electron chi connectivity index (χ3n) is 17.4. The average Bonchev–Trinajstić information content (AvgIpc) is 4.37. The first-order valence-corrected chi connectivity index (χ1v) is 27.7. The Labute approximate surface area is 463 Å². The molecule has 13 aromatic carbocycles. The van der Waals surface area contributed by atoms with E-state index in [0.717, 1.165) is 61.1 Å². The first kappa shape index (κ1) is 44.6. The Morgan fingerprint density at radius 1 is 0.300 bits per heavy atom. The lowest BCUT2D eigenvalue weighted by Crippen LogP contribution is -2.33. The average molecular weight is 1020 g/mol. The van der Waals surface area contributed by atoms with Gasteiger partial charge in [0.15, 0.2) is 0 Å². The second-order valence-electron chi connectivity index (χ2n) is 21.4. The highest BCUT2D eigenvalue weighted by molar-refractivity contribution is 6.14. The summed E-state index contributed by atoms with van der Waals surface area (Å²) in [5, 5.41) is 7.14. The van der Waals surface area contributed by atoms with E-state index < -0.39 is 5.41 Å². The molecule has 3 heteroatoms. The van der Waals surface area contributed by atoms with E-state index >= 15 is 0 Å². The minimum Gasteiger partial charge on any atom is -0.455 e. The van der Waals surface area contributed by atoms with Crippen LogP contribution in [0, 0.1) is 0 Å². The maximum atomic E-state index is 6.58. The van der Waals surface area contributed by atoms with E-state index in [1.807, 2.05) is 6.07 Å². The predicted octanol–water partition coefficient (Wildman–Crippen LogP) is 20.7. The van der Waals surface area contributed by atoms with Gasteiger partial charge < -0.3 is 13.9 Å². The van der Waals surface area contributed by atoms with Crippen molar-refractivity contribution >= 4 is 71.6 Å². The van der Waals surface area contributed by atoms with Crippen LogP contribution in [0.3, 0.4) is 0 Å². The largest absolute Gasteiger partial charge is 0.455 e. The number of hydrogen-bond acceptors (Lipinski definition) is 2. The normalized spacial score (nSPS) is 14.1. The van der Waals surface area contributed by atoms with Crippen LogP contribution in [0.15, 0.2) is 296 Å². The number of anilines is 3. The van der Waals surface area contributed by atoms with Gasteiger partial charge >= 0.3 is 0 Å². The van der Waals surface area contributed by atoms with Crippen LogP contribution in [0.4, 0.5) is 17.1 Å². The molecule has 1 aliphatic carbocycles. The summed E-state index contributed by atoms with van der Waals surface area (Å²) in [5.41, 5.74) is 25.2. The number of nitrogens with zero attached hydrogens (tertiary/aromatic N) is 2. The van der Waals surface area contributed by atoms with Gasteiger partial charge in [0.2, 0.25) is 0 Å². The number of benzene rings is 13. The number of hydrogen-bond donors (Lipinski definition) is 0. The minimum atomic E-state index is -0.559. The number of rotatable bonds is 7. The van der Waals surface area contributed by atoms with E-state index in [2.05, 4.69) is 295 Å². The molecule has 2 aromatic heterocycles. The summed E-state index contributed by atoms with van der Waals surface area (Å²) < 4.78 is 9.10. The fourth-order valence-electron chi connectivity index (χ4n) is 14.1. The summed E-state index contributed by atoms with van der Waals surface area (Å²) in [6.07, 6.45) is 0. The van der Waals surface area contributed by atoms with Crippen molar-refractivity contribution in [1.82, 2.24) is 4.57 Å². The molecule has 3 heterocycles. The van der Waals surface area contributed by atoms with Crippen LogP contribution >= 0.6 is 0 Å². The van der Waals surface area contributed by atoms with E-state index in [1.54, 1.807) is 0 Å². The van der Waals surface area contributed by atoms with Crippen molar-refractivity contribution in [3.63, 3.8) is 0 Å². The summed E-state index contributed by atoms with van der Waals surface area (Å²) in [6, 6.07) is 107. The minimum absolute atomic E-state index is 0.559. The molecule has 80 heavy (non-hydrogen) atoms. The van der Waals surface area contributed by atoms with Crippen molar-refractivity contribution in [2.24, 2.45) is 0 Å². The highest BCUT2D eigenvalue weighted by Gasteiger charge is 2.51. The molecule has 372 valence electrons. The molecule has 0 saturated carbocycles. The van der Waals surface area contributed by atoms with Crippen LogP contribution in [-0.2, 0) is 5.41 Å². The van der Waals surface area contributed by atoms with Crippen molar-refractivity contribution in [3.05, 3.63) is 313 Å². The Hall–Kier alpha value is -10.5. The smallest absolute Gasteiger partial charge is 0.143 e. The molecule has 0 radical (unpaired) electrons. The van der Waals surface area contributed by atoms with Crippen LogP contribution in [0.2, 0.25) is 0 Å². The highest BCUT2D eigenvalue weighted by atomic mass is 16.3. The fraction of sp³-hybridized carbons (Fsp3) is 0.0130. The molecule has 0 fully saturated rings. The Morgan fingerprint density at radius 2 is 0.875 bits per heavy atom. The monoisotopic (exact) mass is 1020 g/mol. The van der Waals surface area contributed by atoms with Crippen molar-refractivity contribution in [2.45, 2.75) is 5.41 Å². The predicted molar refractivity (Wildman–Crippen MR) is 333 cm³/mol. The van der Waals surface area contributed by atoms with Crippen molar-refractivity contribution in [1.29, 1.82) is 0 Å². The lowest BCUT2D eigenvalue weighted by Gasteiger charge is -2.39. The lowest BCUT2D eigenvalue weighted by atomic mass is 9.65. The van der Waals surface area contributed by atoms with Crippen LogP contribution in [0.5, 0.6) is 0 Å². The molecule has 1 spiro atoms. The van der Waals surface area contributed by atoms with Gasteiger partial charge in [0.1, 0.15) is 11.2 Å². The lowest BCUT2D eigenvalue weighted by molar-refractivity contribution is 0.670. The van der Waals surface area contributed by atoms with Crippen LogP contribution in [0.1, 0.15) is 22.3 Å². The molecule has 17 rings (SSSR count). The Morgan fingerprint density at radius 3 is 1.74 bits per heavy atom. The van der Waals surface area contributed by atoms with E-state index in [0.29, 0.717) is 0 Å². The number of para-hydroxylation sites is 6. The van der Waals surface area contributed by atoms with Crippen molar-refractivity contribution < 1.29 is 4.42 Å². The van der Waals surface area contributed by atoms with E-state index in [4.69, 9.17) is 4.42 Å². The molecule has 15 aromatic rings. The molecule has 0 amide bonds. The molecule has 2 aliphatic rings. The number of fused-ring (bicyclic) bond motifs is 16. The maximum absolute atomic E-state index is 6.58. The molecule has 3 nitrogen and oxygen atoms in total. The molecule has 0 bridgehead atoms. The van der Waals surface area contributed by atoms with Gasteiger partial charge in [-0.2, -0.15) is 0 Å². The van der Waals surface area contributed by atoms with Crippen LogP contribution < -0.4 is 4.90 Å². The van der Waals surface area contributed by atoms with E-state index in [-0.39, 0.29) is 0 Å². The third kappa shape index (κ3) is 6.26. The zero-order chi connectivity index (χ0) is 52.5. The topological polar surface area (TPSA) is 21.3 Å². The van der Waals surface area contributed by atoms with Gasteiger partial charge in [0, 0.05) is 43.7 Å². The Kier molecular flexibility index (Phi) is 9.63. The second-order valence-corrected chi connectivity index (χ2v) is 21.4. The molecule has 0 N–H and O–H groups in total. The van der Waals surface area contributed by atoms with Gasteiger partial charge in [-0.25, -0.2) is 0 Å². The first-order chi connectivity index (χ1) is 39.7. The molecule has 1 unspecified atom stereocenters. The van der Waals surface area contributed by atoms with Gasteiger partial charge in [0.05, 0.1) is 33.5 Å².